The maximum Gasteiger partial charge on any atom is 0.227 e. The van der Waals surface area contributed by atoms with E-state index in [1.54, 1.807) is 0 Å². The number of anilines is 1. The summed E-state index contributed by atoms with van der Waals surface area (Å²) in [5.41, 5.74) is -0.112. The highest BCUT2D eigenvalue weighted by Crippen LogP contribution is 2.71. The highest BCUT2D eigenvalue weighted by atomic mass is 79.9. The largest absolute Gasteiger partial charge is 0.312 e. The van der Waals surface area contributed by atoms with Gasteiger partial charge in [-0.2, -0.15) is 5.26 Å². The number of benzene rings is 1. The summed E-state index contributed by atoms with van der Waals surface area (Å²) in [4.78, 5) is 15.4. The summed E-state index contributed by atoms with van der Waals surface area (Å²) in [6.45, 7) is 0.723. The molecule has 4 bridgehead atoms. The van der Waals surface area contributed by atoms with Crippen LogP contribution >= 0.6 is 15.9 Å². The van der Waals surface area contributed by atoms with Gasteiger partial charge in [0.05, 0.1) is 11.5 Å². The number of hydrogen-bond acceptors (Lipinski definition) is 2. The monoisotopic (exact) mass is 444 g/mol. The average molecular weight is 445 g/mol. The van der Waals surface area contributed by atoms with E-state index in [9.17, 15) is 14.4 Å². The third-order valence-corrected chi connectivity index (χ3v) is 8.65. The number of carbonyl (C=O) groups excluding carboxylic acids is 1. The van der Waals surface area contributed by atoms with Gasteiger partial charge in [0.2, 0.25) is 5.91 Å². The first-order valence-electron chi connectivity index (χ1n) is 10.4. The lowest BCUT2D eigenvalue weighted by atomic mass is 9.41. The van der Waals surface area contributed by atoms with Crippen LogP contribution in [0.2, 0.25) is 0 Å². The minimum Gasteiger partial charge on any atom is -0.312 e. The Bertz CT molecular complexity index is 831. The van der Waals surface area contributed by atoms with E-state index in [0.717, 1.165) is 55.2 Å². The summed E-state index contributed by atoms with van der Waals surface area (Å²) < 4.78 is 14.9. The smallest absolute Gasteiger partial charge is 0.227 e. The second kappa shape index (κ2) is 6.05. The third-order valence-electron chi connectivity index (χ3n) is 8.15. The molecule has 0 aromatic heterocycles. The fraction of sp³-hybridized carbons (Fsp3) is 0.652. The summed E-state index contributed by atoms with van der Waals surface area (Å²) in [5, 5.41) is 9.56. The molecule has 0 atom stereocenters. The molecule has 1 aromatic rings. The molecule has 0 radical (unpaired) electrons. The van der Waals surface area contributed by atoms with Crippen LogP contribution in [0.15, 0.2) is 28.7 Å². The fourth-order valence-electron chi connectivity index (χ4n) is 6.44. The number of fused-ring (bicyclic) bond motifs is 3. The van der Waals surface area contributed by atoms with Crippen LogP contribution in [0.4, 0.5) is 10.1 Å². The zero-order chi connectivity index (χ0) is 19.6. The maximum absolute atomic E-state index is 13.9. The fourth-order valence-corrected chi connectivity index (χ4v) is 6.82. The summed E-state index contributed by atoms with van der Waals surface area (Å²) in [6.07, 6.45) is 8.10. The van der Waals surface area contributed by atoms with Gasteiger partial charge in [0.15, 0.2) is 0 Å². The molecule has 6 aliphatic rings. The molecule has 6 fully saturated rings. The van der Waals surface area contributed by atoms with Crippen molar-refractivity contribution in [3.8, 4) is 6.07 Å². The zero-order valence-electron chi connectivity index (χ0n) is 16.1. The standard InChI is InChI=1S/C23H26BrFN2O/c24-17-2-1-3-18(10-17)27(19(28)11-22-12-23(25,13-22)14-22)16-21-7-4-20(15-26,5-8-21)6-9-21/h1-3,10H,4-9,11-14,16H2. The Kier molecular flexibility index (Phi) is 4.02. The number of nitrogens with zero attached hydrogens (tertiary/aromatic N) is 2. The van der Waals surface area contributed by atoms with E-state index in [1.165, 1.54) is 0 Å². The number of alkyl halides is 1. The van der Waals surface area contributed by atoms with E-state index in [4.69, 9.17) is 0 Å². The van der Waals surface area contributed by atoms with Crippen LogP contribution in [0.1, 0.15) is 64.2 Å². The first-order chi connectivity index (χ1) is 13.3. The zero-order valence-corrected chi connectivity index (χ0v) is 17.7. The van der Waals surface area contributed by atoms with Gasteiger partial charge in [0.1, 0.15) is 5.67 Å². The molecule has 0 saturated heterocycles. The molecule has 0 unspecified atom stereocenters. The van der Waals surface area contributed by atoms with Crippen molar-refractivity contribution in [3.63, 3.8) is 0 Å². The molecule has 6 saturated carbocycles. The van der Waals surface area contributed by atoms with Crippen molar-refractivity contribution < 1.29 is 9.18 Å². The lowest BCUT2D eigenvalue weighted by Gasteiger charge is -2.66. The van der Waals surface area contributed by atoms with Crippen LogP contribution in [0.25, 0.3) is 0 Å². The number of nitriles is 1. The summed E-state index contributed by atoms with van der Waals surface area (Å²) in [7, 11) is 0. The van der Waals surface area contributed by atoms with Gasteiger partial charge in [-0.15, -0.1) is 0 Å². The molecular weight excluding hydrogens is 419 g/mol. The van der Waals surface area contributed by atoms with Gasteiger partial charge in [-0.3, -0.25) is 4.79 Å². The quantitative estimate of drug-likeness (QED) is 0.564. The van der Waals surface area contributed by atoms with Crippen LogP contribution in [-0.4, -0.2) is 18.1 Å². The van der Waals surface area contributed by atoms with Crippen molar-refractivity contribution in [2.75, 3.05) is 11.4 Å². The number of hydrogen-bond donors (Lipinski definition) is 0. The van der Waals surface area contributed by atoms with E-state index >= 15 is 0 Å². The maximum atomic E-state index is 13.9. The Morgan fingerprint density at radius 3 is 2.29 bits per heavy atom. The predicted octanol–water partition coefficient (Wildman–Crippen LogP) is 5.93. The first-order valence-corrected chi connectivity index (χ1v) is 11.2. The van der Waals surface area contributed by atoms with E-state index < -0.39 is 5.67 Å². The minimum atomic E-state index is -0.965. The van der Waals surface area contributed by atoms with Crippen molar-refractivity contribution in [2.45, 2.75) is 69.9 Å². The molecule has 0 aliphatic heterocycles. The Morgan fingerprint density at radius 1 is 1.11 bits per heavy atom. The molecule has 7 rings (SSSR count). The molecule has 0 heterocycles. The highest BCUT2D eigenvalue weighted by Gasteiger charge is 2.69. The number of carbonyl (C=O) groups is 1. The van der Waals surface area contributed by atoms with Crippen LogP contribution in [0.5, 0.6) is 0 Å². The Morgan fingerprint density at radius 2 is 1.75 bits per heavy atom. The van der Waals surface area contributed by atoms with Crippen LogP contribution < -0.4 is 4.90 Å². The average Bonchev–Trinajstić information content (AvgIpc) is 2.65. The van der Waals surface area contributed by atoms with E-state index in [2.05, 4.69) is 22.0 Å². The van der Waals surface area contributed by atoms with Gasteiger partial charge in [-0.1, -0.05) is 22.0 Å². The second-order valence-electron chi connectivity index (χ2n) is 10.2. The van der Waals surface area contributed by atoms with Crippen molar-refractivity contribution >= 4 is 27.5 Å². The SMILES string of the molecule is N#CC12CCC(CN(C(=O)CC34CC(F)(C3)C4)c3cccc(Br)c3)(CC1)CC2. The molecule has 5 heteroatoms. The van der Waals surface area contributed by atoms with Gasteiger partial charge in [-0.25, -0.2) is 4.39 Å². The van der Waals surface area contributed by atoms with Gasteiger partial charge >= 0.3 is 0 Å². The lowest BCUT2D eigenvalue weighted by Crippen LogP contribution is -2.65. The van der Waals surface area contributed by atoms with Crippen molar-refractivity contribution in [2.24, 2.45) is 16.2 Å². The normalized spacial score (nSPS) is 40.2. The molecule has 28 heavy (non-hydrogen) atoms. The minimum absolute atomic E-state index is 0.0805. The van der Waals surface area contributed by atoms with E-state index in [1.807, 2.05) is 29.2 Å². The summed E-state index contributed by atoms with van der Waals surface area (Å²) in [5.74, 6) is 0.136. The van der Waals surface area contributed by atoms with Crippen molar-refractivity contribution in [1.82, 2.24) is 0 Å². The van der Waals surface area contributed by atoms with Gasteiger partial charge in [-0.05, 0) is 86.8 Å². The summed E-state index contributed by atoms with van der Waals surface area (Å²) >= 11 is 3.54. The first kappa shape index (κ1) is 18.6. The van der Waals surface area contributed by atoms with E-state index in [0.29, 0.717) is 25.7 Å². The third kappa shape index (κ3) is 2.91. The van der Waals surface area contributed by atoms with E-state index in [-0.39, 0.29) is 22.2 Å². The van der Waals surface area contributed by atoms with Crippen molar-refractivity contribution in [1.29, 1.82) is 5.26 Å². The number of amides is 1. The molecular formula is C23H26BrFN2O. The molecule has 1 amide bonds. The highest BCUT2D eigenvalue weighted by molar-refractivity contribution is 9.10. The van der Waals surface area contributed by atoms with Crippen LogP contribution in [0.3, 0.4) is 0 Å². The Labute approximate surface area is 174 Å². The van der Waals surface area contributed by atoms with Crippen LogP contribution in [-0.2, 0) is 4.79 Å². The molecule has 6 aliphatic carbocycles. The second-order valence-corrected chi connectivity index (χ2v) is 11.1. The Hall–Kier alpha value is -1.41. The topological polar surface area (TPSA) is 44.1 Å². The molecule has 148 valence electrons. The van der Waals surface area contributed by atoms with Gasteiger partial charge in [0, 0.05) is 23.1 Å². The van der Waals surface area contributed by atoms with Gasteiger partial charge in [0.25, 0.3) is 0 Å². The van der Waals surface area contributed by atoms with Gasteiger partial charge < -0.3 is 4.90 Å². The Balaban J connectivity index is 1.37. The lowest BCUT2D eigenvalue weighted by molar-refractivity contribution is -0.215. The van der Waals surface area contributed by atoms with Crippen LogP contribution in [0, 0.1) is 27.6 Å². The molecule has 0 spiro atoms. The molecule has 1 aromatic carbocycles. The number of rotatable bonds is 5. The molecule has 3 nitrogen and oxygen atoms in total. The molecule has 0 N–H and O–H groups in total. The predicted molar refractivity (Wildman–Crippen MR) is 109 cm³/mol. The summed E-state index contributed by atoms with van der Waals surface area (Å²) in [6, 6.07) is 10.5. The number of halogens is 2. The van der Waals surface area contributed by atoms with Crippen molar-refractivity contribution in [3.05, 3.63) is 28.7 Å².